The summed E-state index contributed by atoms with van der Waals surface area (Å²) >= 11 is 11.7. The van der Waals surface area contributed by atoms with Gasteiger partial charge in [0.05, 0.1) is 10.5 Å². The van der Waals surface area contributed by atoms with Crippen LogP contribution in [0, 0.1) is 6.92 Å². The van der Waals surface area contributed by atoms with Gasteiger partial charge in [-0.15, -0.1) is 0 Å². The van der Waals surface area contributed by atoms with Crippen molar-refractivity contribution in [1.82, 2.24) is 9.97 Å². The van der Waals surface area contributed by atoms with Crippen molar-refractivity contribution >= 4 is 34.2 Å². The van der Waals surface area contributed by atoms with E-state index in [9.17, 15) is 0 Å². The normalized spacial score (nSPS) is 10.7. The number of aryl methyl sites for hydroxylation is 1. The number of hydrogen-bond donors (Lipinski definition) is 0. The summed E-state index contributed by atoms with van der Waals surface area (Å²) < 4.78 is 0. The maximum atomic E-state index is 5.94. The van der Waals surface area contributed by atoms with Gasteiger partial charge in [-0.1, -0.05) is 23.2 Å². The van der Waals surface area contributed by atoms with Crippen LogP contribution in [-0.4, -0.2) is 9.97 Å². The van der Waals surface area contributed by atoms with E-state index in [4.69, 9.17) is 23.2 Å². The Morgan fingerprint density at radius 3 is 2.77 bits per heavy atom. The summed E-state index contributed by atoms with van der Waals surface area (Å²) in [5.74, 6) is 0. The number of fused-ring (bicyclic) bond motifs is 1. The highest BCUT2D eigenvalue weighted by atomic mass is 35.5. The molecule has 0 aromatic carbocycles. The van der Waals surface area contributed by atoms with Crippen LogP contribution < -0.4 is 0 Å². The number of pyridine rings is 2. The van der Waals surface area contributed by atoms with Crippen molar-refractivity contribution in [3.8, 4) is 0 Å². The van der Waals surface area contributed by atoms with E-state index in [1.807, 2.05) is 6.92 Å². The predicted molar refractivity (Wildman–Crippen MR) is 54.3 cm³/mol. The third-order valence-corrected chi connectivity index (χ3v) is 2.30. The monoisotopic (exact) mass is 212 g/mol. The molecule has 0 saturated carbocycles. The van der Waals surface area contributed by atoms with Gasteiger partial charge in [0, 0.05) is 6.20 Å². The van der Waals surface area contributed by atoms with Gasteiger partial charge >= 0.3 is 0 Å². The Labute approximate surface area is 85.5 Å². The number of aromatic nitrogens is 2. The smallest absolute Gasteiger partial charge is 0.130 e. The maximum absolute atomic E-state index is 5.94. The van der Waals surface area contributed by atoms with Gasteiger partial charge in [0.2, 0.25) is 0 Å². The highest BCUT2D eigenvalue weighted by Gasteiger charge is 2.05. The SMILES string of the molecule is Cc1cc(Cl)nc2c(Cl)ccnc12. The van der Waals surface area contributed by atoms with Crippen LogP contribution in [0.2, 0.25) is 10.2 Å². The number of halogens is 2. The molecule has 0 spiro atoms. The molecule has 66 valence electrons. The Bertz CT molecular complexity index is 468. The van der Waals surface area contributed by atoms with Crippen molar-refractivity contribution in [2.24, 2.45) is 0 Å². The lowest BCUT2D eigenvalue weighted by Crippen LogP contribution is -1.88. The van der Waals surface area contributed by atoms with Gasteiger partial charge in [-0.3, -0.25) is 4.98 Å². The third kappa shape index (κ3) is 1.47. The van der Waals surface area contributed by atoms with Crippen LogP contribution in [0.1, 0.15) is 5.56 Å². The molecular weight excluding hydrogens is 207 g/mol. The Kier molecular flexibility index (Phi) is 2.10. The zero-order chi connectivity index (χ0) is 9.42. The molecule has 2 aromatic rings. The highest BCUT2D eigenvalue weighted by molar-refractivity contribution is 6.35. The van der Waals surface area contributed by atoms with Gasteiger partial charge in [-0.05, 0) is 24.6 Å². The van der Waals surface area contributed by atoms with Crippen molar-refractivity contribution in [3.05, 3.63) is 34.1 Å². The van der Waals surface area contributed by atoms with Gasteiger partial charge in [-0.25, -0.2) is 4.98 Å². The third-order valence-electron chi connectivity index (χ3n) is 1.80. The minimum absolute atomic E-state index is 0.444. The number of hydrogen-bond acceptors (Lipinski definition) is 2. The molecule has 2 rings (SSSR count). The summed E-state index contributed by atoms with van der Waals surface area (Å²) in [6, 6.07) is 3.47. The van der Waals surface area contributed by atoms with E-state index in [1.54, 1.807) is 18.3 Å². The Balaban J connectivity index is 2.94. The predicted octanol–water partition coefficient (Wildman–Crippen LogP) is 3.25. The molecule has 0 unspecified atom stereocenters. The lowest BCUT2D eigenvalue weighted by atomic mass is 10.2. The fraction of sp³-hybridized carbons (Fsp3) is 0.111. The minimum atomic E-state index is 0.444. The summed E-state index contributed by atoms with van der Waals surface area (Å²) in [5.41, 5.74) is 2.45. The van der Waals surface area contributed by atoms with E-state index >= 15 is 0 Å². The second-order valence-electron chi connectivity index (χ2n) is 2.75. The Morgan fingerprint density at radius 1 is 1.23 bits per heavy atom. The second-order valence-corrected chi connectivity index (χ2v) is 3.55. The van der Waals surface area contributed by atoms with Crippen LogP contribution in [0.15, 0.2) is 18.3 Å². The Hall–Kier alpha value is -0.860. The molecule has 0 amide bonds. The fourth-order valence-electron chi connectivity index (χ4n) is 1.21. The van der Waals surface area contributed by atoms with E-state index in [1.165, 1.54) is 0 Å². The van der Waals surface area contributed by atoms with E-state index in [0.29, 0.717) is 15.7 Å². The summed E-state index contributed by atoms with van der Waals surface area (Å²) in [6.45, 7) is 1.93. The number of nitrogens with zero attached hydrogens (tertiary/aromatic N) is 2. The van der Waals surface area contributed by atoms with Crippen LogP contribution in [0.25, 0.3) is 11.0 Å². The molecule has 0 atom stereocenters. The average molecular weight is 213 g/mol. The van der Waals surface area contributed by atoms with Gasteiger partial charge in [0.1, 0.15) is 10.7 Å². The maximum Gasteiger partial charge on any atom is 0.130 e. The summed E-state index contributed by atoms with van der Waals surface area (Å²) in [7, 11) is 0. The van der Waals surface area contributed by atoms with E-state index in [0.717, 1.165) is 11.1 Å². The lowest BCUT2D eigenvalue weighted by molar-refractivity contribution is 1.30. The molecule has 13 heavy (non-hydrogen) atoms. The molecule has 0 fully saturated rings. The van der Waals surface area contributed by atoms with Gasteiger partial charge in [-0.2, -0.15) is 0 Å². The largest absolute Gasteiger partial charge is 0.254 e. The summed E-state index contributed by atoms with van der Waals surface area (Å²) in [5, 5.41) is 1.02. The van der Waals surface area contributed by atoms with Crippen molar-refractivity contribution in [3.63, 3.8) is 0 Å². The van der Waals surface area contributed by atoms with Crippen LogP contribution >= 0.6 is 23.2 Å². The van der Waals surface area contributed by atoms with E-state index < -0.39 is 0 Å². The topological polar surface area (TPSA) is 25.8 Å². The van der Waals surface area contributed by atoms with Gasteiger partial charge in [0.25, 0.3) is 0 Å². The minimum Gasteiger partial charge on any atom is -0.254 e. The van der Waals surface area contributed by atoms with Crippen molar-refractivity contribution in [1.29, 1.82) is 0 Å². The Morgan fingerprint density at radius 2 is 2.00 bits per heavy atom. The van der Waals surface area contributed by atoms with Gasteiger partial charge < -0.3 is 0 Å². The molecule has 2 nitrogen and oxygen atoms in total. The molecule has 0 aliphatic carbocycles. The lowest BCUT2D eigenvalue weighted by Gasteiger charge is -2.02. The molecule has 2 aromatic heterocycles. The first-order valence-electron chi connectivity index (χ1n) is 3.76. The van der Waals surface area contributed by atoms with E-state index in [-0.39, 0.29) is 0 Å². The highest BCUT2D eigenvalue weighted by Crippen LogP contribution is 2.23. The second kappa shape index (κ2) is 3.13. The fourth-order valence-corrected chi connectivity index (χ4v) is 1.65. The average Bonchev–Trinajstić information content (AvgIpc) is 2.07. The van der Waals surface area contributed by atoms with E-state index in [2.05, 4.69) is 9.97 Å². The quantitative estimate of drug-likeness (QED) is 0.627. The zero-order valence-corrected chi connectivity index (χ0v) is 8.39. The molecule has 0 N–H and O–H groups in total. The van der Waals surface area contributed by atoms with Crippen LogP contribution in [0.5, 0.6) is 0 Å². The molecule has 4 heteroatoms. The van der Waals surface area contributed by atoms with Gasteiger partial charge in [0.15, 0.2) is 0 Å². The molecule has 2 heterocycles. The zero-order valence-electron chi connectivity index (χ0n) is 6.88. The molecule has 0 radical (unpaired) electrons. The first-order valence-corrected chi connectivity index (χ1v) is 4.51. The standard InChI is InChI=1S/C9H6Cl2N2/c1-5-4-7(11)13-9-6(10)2-3-12-8(5)9/h2-4H,1H3. The van der Waals surface area contributed by atoms with Crippen molar-refractivity contribution < 1.29 is 0 Å². The van der Waals surface area contributed by atoms with Crippen molar-refractivity contribution in [2.75, 3.05) is 0 Å². The molecule has 0 aliphatic heterocycles. The first-order chi connectivity index (χ1) is 6.18. The molecule has 0 bridgehead atoms. The first kappa shape index (κ1) is 8.73. The van der Waals surface area contributed by atoms with Crippen LogP contribution in [0.4, 0.5) is 0 Å². The van der Waals surface area contributed by atoms with Crippen LogP contribution in [0.3, 0.4) is 0 Å². The van der Waals surface area contributed by atoms with Crippen molar-refractivity contribution in [2.45, 2.75) is 6.92 Å². The molecular formula is C9H6Cl2N2. The number of rotatable bonds is 0. The summed E-state index contributed by atoms with van der Waals surface area (Å²) in [4.78, 5) is 8.28. The molecule has 0 saturated heterocycles. The molecule has 0 aliphatic rings. The van der Waals surface area contributed by atoms with Crippen LogP contribution in [-0.2, 0) is 0 Å². The summed E-state index contributed by atoms with van der Waals surface area (Å²) in [6.07, 6.45) is 1.66.